The summed E-state index contributed by atoms with van der Waals surface area (Å²) in [6.45, 7) is 2.70. The summed E-state index contributed by atoms with van der Waals surface area (Å²) < 4.78 is 6.20. The third kappa shape index (κ3) is 4.10. The molecule has 0 unspecified atom stereocenters. The molecule has 2 aromatic rings. The molecule has 4 rings (SSSR count). The van der Waals surface area contributed by atoms with Crippen molar-refractivity contribution in [3.63, 3.8) is 0 Å². The van der Waals surface area contributed by atoms with Crippen LogP contribution < -0.4 is 5.32 Å². The van der Waals surface area contributed by atoms with E-state index in [1.54, 1.807) is 17.3 Å². The van der Waals surface area contributed by atoms with Crippen molar-refractivity contribution in [2.45, 2.75) is 63.8 Å². The number of nitrogens with zero attached hydrogens (tertiary/aromatic N) is 2. The number of carbonyl (C=O) groups excluding carboxylic acids is 2. The third-order valence-corrected chi connectivity index (χ3v) is 6.22. The van der Waals surface area contributed by atoms with E-state index in [-0.39, 0.29) is 18.4 Å². The van der Waals surface area contributed by atoms with Gasteiger partial charge < -0.3 is 10.1 Å². The number of pyridine rings is 1. The van der Waals surface area contributed by atoms with Crippen molar-refractivity contribution < 1.29 is 14.3 Å². The van der Waals surface area contributed by atoms with Crippen molar-refractivity contribution in [2.75, 3.05) is 6.61 Å². The Hall–Kier alpha value is -2.73. The molecule has 1 atom stereocenters. The van der Waals surface area contributed by atoms with Crippen LogP contribution in [0, 0.1) is 0 Å². The van der Waals surface area contributed by atoms with Gasteiger partial charge in [0, 0.05) is 24.5 Å². The summed E-state index contributed by atoms with van der Waals surface area (Å²) >= 11 is 0. The molecule has 1 N–H and O–H groups in total. The van der Waals surface area contributed by atoms with E-state index < -0.39 is 11.8 Å². The van der Waals surface area contributed by atoms with Crippen LogP contribution in [0.4, 0.5) is 0 Å². The van der Waals surface area contributed by atoms with Gasteiger partial charge in [0.25, 0.3) is 5.91 Å². The summed E-state index contributed by atoms with van der Waals surface area (Å²) in [5.74, 6) is -0.307. The zero-order valence-electron chi connectivity index (χ0n) is 17.5. The van der Waals surface area contributed by atoms with Gasteiger partial charge in [-0.15, -0.1) is 0 Å². The van der Waals surface area contributed by atoms with E-state index in [0.717, 1.165) is 44.1 Å². The maximum atomic E-state index is 13.6. The molecule has 1 aliphatic heterocycles. The maximum absolute atomic E-state index is 13.6. The van der Waals surface area contributed by atoms with E-state index in [1.165, 1.54) is 5.56 Å². The Kier molecular flexibility index (Phi) is 6.13. The SMILES string of the molecule is CCc1ccc(C(=O)N2[C@@H](C(=O)NCc3cccnc3)COC23CCCCC3)cc1. The fourth-order valence-electron chi connectivity index (χ4n) is 4.50. The van der Waals surface area contributed by atoms with Crippen molar-refractivity contribution in [1.29, 1.82) is 0 Å². The molecule has 1 aliphatic carbocycles. The molecule has 1 aromatic carbocycles. The van der Waals surface area contributed by atoms with Crippen molar-refractivity contribution >= 4 is 11.8 Å². The number of benzene rings is 1. The lowest BCUT2D eigenvalue weighted by atomic mass is 9.89. The fraction of sp³-hybridized carbons (Fsp3) is 0.458. The number of carbonyl (C=O) groups is 2. The number of nitrogens with one attached hydrogen (secondary N) is 1. The van der Waals surface area contributed by atoms with E-state index in [0.29, 0.717) is 12.1 Å². The molecular formula is C24H29N3O3. The van der Waals surface area contributed by atoms with Crippen LogP contribution in [-0.2, 0) is 22.5 Å². The smallest absolute Gasteiger partial charge is 0.256 e. The quantitative estimate of drug-likeness (QED) is 0.824. The topological polar surface area (TPSA) is 71.5 Å². The highest BCUT2D eigenvalue weighted by Crippen LogP contribution is 2.41. The number of rotatable bonds is 5. The van der Waals surface area contributed by atoms with Crippen LogP contribution in [0.3, 0.4) is 0 Å². The average Bonchev–Trinajstić information content (AvgIpc) is 3.16. The van der Waals surface area contributed by atoms with Crippen LogP contribution in [0.15, 0.2) is 48.8 Å². The van der Waals surface area contributed by atoms with Gasteiger partial charge in [0.05, 0.1) is 6.61 Å². The van der Waals surface area contributed by atoms with Crippen LogP contribution in [0.5, 0.6) is 0 Å². The molecule has 1 aromatic heterocycles. The first-order valence-corrected chi connectivity index (χ1v) is 10.9. The first-order valence-electron chi connectivity index (χ1n) is 10.9. The Bertz CT molecular complexity index is 876. The van der Waals surface area contributed by atoms with E-state index in [4.69, 9.17) is 4.74 Å². The largest absolute Gasteiger partial charge is 0.353 e. The lowest BCUT2D eigenvalue weighted by Crippen LogP contribution is -2.56. The molecule has 6 heteroatoms. The molecule has 2 aliphatic rings. The summed E-state index contributed by atoms with van der Waals surface area (Å²) in [5, 5.41) is 2.96. The molecule has 0 radical (unpaired) electrons. The predicted molar refractivity (Wildman–Crippen MR) is 114 cm³/mol. The highest BCUT2D eigenvalue weighted by molar-refractivity contribution is 5.98. The van der Waals surface area contributed by atoms with Crippen LogP contribution in [-0.4, -0.2) is 40.1 Å². The van der Waals surface area contributed by atoms with Gasteiger partial charge in [0.1, 0.15) is 11.8 Å². The minimum absolute atomic E-state index is 0.126. The van der Waals surface area contributed by atoms with Gasteiger partial charge >= 0.3 is 0 Å². The van der Waals surface area contributed by atoms with Crippen LogP contribution in [0.2, 0.25) is 0 Å². The normalized spacial score (nSPS) is 20.3. The molecule has 2 amide bonds. The lowest BCUT2D eigenvalue weighted by Gasteiger charge is -2.41. The molecule has 1 saturated heterocycles. The van der Waals surface area contributed by atoms with Gasteiger partial charge in [-0.2, -0.15) is 0 Å². The van der Waals surface area contributed by atoms with Gasteiger partial charge in [0.2, 0.25) is 5.91 Å². The van der Waals surface area contributed by atoms with Crippen molar-refractivity contribution in [3.8, 4) is 0 Å². The van der Waals surface area contributed by atoms with Gasteiger partial charge in [-0.25, -0.2) is 0 Å². The van der Waals surface area contributed by atoms with Crippen molar-refractivity contribution in [3.05, 3.63) is 65.5 Å². The second-order valence-electron chi connectivity index (χ2n) is 8.14. The third-order valence-electron chi connectivity index (χ3n) is 6.22. The maximum Gasteiger partial charge on any atom is 0.256 e. The number of aromatic nitrogens is 1. The summed E-state index contributed by atoms with van der Waals surface area (Å²) in [6, 6.07) is 10.8. The van der Waals surface area contributed by atoms with Gasteiger partial charge in [-0.1, -0.05) is 31.5 Å². The van der Waals surface area contributed by atoms with E-state index in [9.17, 15) is 9.59 Å². The molecule has 1 saturated carbocycles. The van der Waals surface area contributed by atoms with E-state index >= 15 is 0 Å². The second kappa shape index (κ2) is 8.96. The first kappa shape index (κ1) is 20.5. The number of amides is 2. The lowest BCUT2D eigenvalue weighted by molar-refractivity contribution is -0.127. The minimum atomic E-state index is -0.672. The molecule has 2 heterocycles. The molecule has 0 bridgehead atoms. The Morgan fingerprint density at radius 3 is 2.57 bits per heavy atom. The second-order valence-corrected chi connectivity index (χ2v) is 8.14. The molecule has 30 heavy (non-hydrogen) atoms. The van der Waals surface area contributed by atoms with Crippen LogP contribution in [0.25, 0.3) is 0 Å². The molecule has 6 nitrogen and oxygen atoms in total. The Labute approximate surface area is 177 Å². The summed E-state index contributed by atoms with van der Waals surface area (Å²) in [4.78, 5) is 32.5. The zero-order chi connectivity index (χ0) is 21.0. The molecule has 1 spiro atoms. The number of aryl methyl sites for hydroxylation is 1. The highest BCUT2D eigenvalue weighted by Gasteiger charge is 2.52. The minimum Gasteiger partial charge on any atom is -0.353 e. The Balaban J connectivity index is 1.56. The van der Waals surface area contributed by atoms with Crippen LogP contribution in [0.1, 0.15) is 60.5 Å². The van der Waals surface area contributed by atoms with E-state index in [1.807, 2.05) is 36.4 Å². The first-order chi connectivity index (χ1) is 14.6. The van der Waals surface area contributed by atoms with Gasteiger partial charge in [-0.3, -0.25) is 19.5 Å². The van der Waals surface area contributed by atoms with Crippen molar-refractivity contribution in [2.24, 2.45) is 0 Å². The Morgan fingerprint density at radius 1 is 1.13 bits per heavy atom. The standard InChI is InChI=1S/C24H29N3O3/c1-2-18-8-10-20(11-9-18)23(29)27-21(17-30-24(27)12-4-3-5-13-24)22(28)26-16-19-7-6-14-25-15-19/h6-11,14-15,21H,2-5,12-13,16-17H2,1H3,(H,26,28)/t21-/m1/s1. The summed E-state index contributed by atoms with van der Waals surface area (Å²) in [5.41, 5.74) is 2.04. The zero-order valence-corrected chi connectivity index (χ0v) is 17.5. The van der Waals surface area contributed by atoms with Gasteiger partial charge in [-0.05, 0) is 61.4 Å². The molecule has 158 valence electrons. The van der Waals surface area contributed by atoms with Gasteiger partial charge in [0.15, 0.2) is 0 Å². The Morgan fingerprint density at radius 2 is 1.90 bits per heavy atom. The fourth-order valence-corrected chi connectivity index (χ4v) is 4.50. The summed E-state index contributed by atoms with van der Waals surface area (Å²) in [6.07, 6.45) is 9.04. The highest BCUT2D eigenvalue weighted by atomic mass is 16.5. The summed E-state index contributed by atoms with van der Waals surface area (Å²) in [7, 11) is 0. The number of hydrogen-bond acceptors (Lipinski definition) is 4. The van der Waals surface area contributed by atoms with Crippen LogP contribution >= 0.6 is 0 Å². The molecular weight excluding hydrogens is 378 g/mol. The molecule has 2 fully saturated rings. The van der Waals surface area contributed by atoms with E-state index in [2.05, 4.69) is 17.2 Å². The number of hydrogen-bond donors (Lipinski definition) is 1. The average molecular weight is 408 g/mol. The van der Waals surface area contributed by atoms with Crippen molar-refractivity contribution in [1.82, 2.24) is 15.2 Å². The predicted octanol–water partition coefficient (Wildman–Crippen LogP) is 3.46. The monoisotopic (exact) mass is 407 g/mol. The number of ether oxygens (including phenoxy) is 1.